The maximum absolute atomic E-state index is 12.4. The van der Waals surface area contributed by atoms with Crippen molar-refractivity contribution in [3.63, 3.8) is 0 Å². The van der Waals surface area contributed by atoms with Gasteiger partial charge in [0.25, 0.3) is 0 Å². The quantitative estimate of drug-likeness (QED) is 0.422. The number of nitrogens with zero attached hydrogens (tertiary/aromatic N) is 2. The number of benzene rings is 1. The number of aromatic nitrogens is 1. The number of hydrogen-bond acceptors (Lipinski definition) is 6. The molecule has 0 bridgehead atoms. The summed E-state index contributed by atoms with van der Waals surface area (Å²) in [4.78, 5) is 53.5. The minimum absolute atomic E-state index is 0.0443. The molecule has 2 aliphatic heterocycles. The molecule has 2 aromatic rings. The number of carboxylic acid groups (broad SMARTS) is 1. The fourth-order valence-electron chi connectivity index (χ4n) is 4.42. The number of carboxylic acids is 1. The molecule has 1 aromatic heterocycles. The zero-order valence-corrected chi connectivity index (χ0v) is 18.4. The zero-order chi connectivity index (χ0) is 24.4. The number of pyridine rings is 1. The van der Waals surface area contributed by atoms with Crippen molar-refractivity contribution >= 4 is 35.0 Å². The van der Waals surface area contributed by atoms with E-state index >= 15 is 0 Å². The SMILES string of the molecule is C[C@@H](O)[C@H]1C(=O)N2C(C(=O)O)=C(c3ccc(CC(=O)NCC(=O)Nc4cccnc4)cc3)C[C@H]12. The number of rotatable bonds is 8. The smallest absolute Gasteiger partial charge is 0.352 e. The third kappa shape index (κ3) is 4.53. The van der Waals surface area contributed by atoms with Crippen LogP contribution in [0, 0.1) is 5.92 Å². The lowest BCUT2D eigenvalue weighted by atomic mass is 9.82. The maximum Gasteiger partial charge on any atom is 0.352 e. The molecule has 0 unspecified atom stereocenters. The molecule has 3 amide bonds. The highest BCUT2D eigenvalue weighted by Crippen LogP contribution is 2.46. The summed E-state index contributed by atoms with van der Waals surface area (Å²) in [5.74, 6) is -2.89. The van der Waals surface area contributed by atoms with Crippen LogP contribution in [0.3, 0.4) is 0 Å². The van der Waals surface area contributed by atoms with E-state index in [0.717, 1.165) is 0 Å². The molecule has 10 nitrogen and oxygen atoms in total. The van der Waals surface area contributed by atoms with Gasteiger partial charge in [-0.3, -0.25) is 19.4 Å². The predicted octanol–water partition coefficient (Wildman–Crippen LogP) is 0.786. The summed E-state index contributed by atoms with van der Waals surface area (Å²) in [7, 11) is 0. The van der Waals surface area contributed by atoms with E-state index in [9.17, 15) is 29.4 Å². The zero-order valence-electron chi connectivity index (χ0n) is 18.4. The minimum Gasteiger partial charge on any atom is -0.477 e. The van der Waals surface area contributed by atoms with Crippen LogP contribution < -0.4 is 10.6 Å². The van der Waals surface area contributed by atoms with Gasteiger partial charge in [-0.25, -0.2) is 4.79 Å². The van der Waals surface area contributed by atoms with Crippen LogP contribution in [0.15, 0.2) is 54.5 Å². The van der Waals surface area contributed by atoms with Crippen LogP contribution in [-0.2, 0) is 25.6 Å². The Balaban J connectivity index is 1.37. The van der Waals surface area contributed by atoms with Crippen molar-refractivity contribution in [3.8, 4) is 0 Å². The summed E-state index contributed by atoms with van der Waals surface area (Å²) in [6.07, 6.45) is 2.62. The minimum atomic E-state index is -1.19. The van der Waals surface area contributed by atoms with Gasteiger partial charge in [0, 0.05) is 6.20 Å². The Morgan fingerprint density at radius 2 is 1.91 bits per heavy atom. The van der Waals surface area contributed by atoms with Crippen LogP contribution >= 0.6 is 0 Å². The molecule has 4 N–H and O–H groups in total. The highest BCUT2D eigenvalue weighted by molar-refractivity contribution is 6.06. The van der Waals surface area contributed by atoms with Crippen LogP contribution in [0.25, 0.3) is 5.57 Å². The van der Waals surface area contributed by atoms with Crippen LogP contribution in [0.5, 0.6) is 0 Å². The third-order valence-electron chi connectivity index (χ3n) is 5.99. The van der Waals surface area contributed by atoms with E-state index in [2.05, 4.69) is 15.6 Å². The summed E-state index contributed by atoms with van der Waals surface area (Å²) in [5.41, 5.74) is 2.33. The molecule has 10 heteroatoms. The predicted molar refractivity (Wildman–Crippen MR) is 121 cm³/mol. The fourth-order valence-corrected chi connectivity index (χ4v) is 4.42. The number of fused-ring (bicyclic) bond motifs is 1. The first-order valence-electron chi connectivity index (χ1n) is 10.8. The molecule has 4 rings (SSSR count). The van der Waals surface area contributed by atoms with E-state index in [-0.39, 0.29) is 42.4 Å². The average molecular weight is 464 g/mol. The molecular formula is C24H24N4O6. The van der Waals surface area contributed by atoms with Crippen molar-refractivity contribution < 1.29 is 29.4 Å². The Morgan fingerprint density at radius 1 is 1.18 bits per heavy atom. The maximum atomic E-state index is 12.4. The Kier molecular flexibility index (Phi) is 6.42. The number of amides is 3. The number of β-lactam (4-membered cyclic amide) rings is 1. The molecule has 0 radical (unpaired) electrons. The molecule has 176 valence electrons. The number of aliphatic carboxylic acids is 1. The highest BCUT2D eigenvalue weighted by atomic mass is 16.4. The molecule has 1 saturated heterocycles. The first-order valence-corrected chi connectivity index (χ1v) is 10.8. The first kappa shape index (κ1) is 23.1. The van der Waals surface area contributed by atoms with Gasteiger partial charge in [0.1, 0.15) is 5.70 Å². The van der Waals surface area contributed by atoms with Crippen LogP contribution in [0.4, 0.5) is 5.69 Å². The molecule has 1 aromatic carbocycles. The van der Waals surface area contributed by atoms with Crippen molar-refractivity contribution in [2.24, 2.45) is 5.92 Å². The summed E-state index contributed by atoms with van der Waals surface area (Å²) in [6, 6.07) is 9.85. The van der Waals surface area contributed by atoms with E-state index in [4.69, 9.17) is 0 Å². The van der Waals surface area contributed by atoms with Crippen molar-refractivity contribution in [1.29, 1.82) is 0 Å². The second-order valence-corrected chi connectivity index (χ2v) is 8.32. The average Bonchev–Trinajstić information content (AvgIpc) is 3.14. The topological polar surface area (TPSA) is 149 Å². The van der Waals surface area contributed by atoms with Gasteiger partial charge in [-0.05, 0) is 42.2 Å². The van der Waals surface area contributed by atoms with Gasteiger partial charge in [-0.15, -0.1) is 0 Å². The molecule has 0 saturated carbocycles. The summed E-state index contributed by atoms with van der Waals surface area (Å²) >= 11 is 0. The lowest BCUT2D eigenvalue weighted by molar-refractivity contribution is -0.161. The van der Waals surface area contributed by atoms with Gasteiger partial charge in [0.15, 0.2) is 0 Å². The monoisotopic (exact) mass is 464 g/mol. The van der Waals surface area contributed by atoms with Crippen molar-refractivity contribution in [2.45, 2.75) is 31.9 Å². The second-order valence-electron chi connectivity index (χ2n) is 8.32. The van der Waals surface area contributed by atoms with Crippen molar-refractivity contribution in [2.75, 3.05) is 11.9 Å². The van der Waals surface area contributed by atoms with Crippen LogP contribution in [-0.4, -0.2) is 62.5 Å². The van der Waals surface area contributed by atoms with Gasteiger partial charge in [0.05, 0.1) is 42.9 Å². The molecule has 2 aliphatic rings. The third-order valence-corrected chi connectivity index (χ3v) is 5.99. The van der Waals surface area contributed by atoms with Crippen molar-refractivity contribution in [1.82, 2.24) is 15.2 Å². The molecular weight excluding hydrogens is 440 g/mol. The van der Waals surface area contributed by atoms with E-state index in [1.54, 1.807) is 42.6 Å². The van der Waals surface area contributed by atoms with E-state index in [1.807, 2.05) is 0 Å². The Morgan fingerprint density at radius 3 is 2.53 bits per heavy atom. The number of aliphatic hydroxyl groups is 1. The van der Waals surface area contributed by atoms with Gasteiger partial charge < -0.3 is 25.7 Å². The normalized spacial score (nSPS) is 19.8. The van der Waals surface area contributed by atoms with Gasteiger partial charge >= 0.3 is 5.97 Å². The number of hydrogen-bond donors (Lipinski definition) is 4. The molecule has 1 fully saturated rings. The second kappa shape index (κ2) is 9.44. The Labute approximate surface area is 195 Å². The van der Waals surface area contributed by atoms with E-state index in [0.29, 0.717) is 28.8 Å². The first-order chi connectivity index (χ1) is 16.3. The van der Waals surface area contributed by atoms with Crippen LogP contribution in [0.1, 0.15) is 24.5 Å². The summed E-state index contributed by atoms with van der Waals surface area (Å²) in [6.45, 7) is 1.34. The number of carbonyl (C=O) groups is 4. The molecule has 3 heterocycles. The summed E-state index contributed by atoms with van der Waals surface area (Å²) < 4.78 is 0. The fraction of sp³-hybridized carbons (Fsp3) is 0.292. The number of anilines is 1. The van der Waals surface area contributed by atoms with Crippen molar-refractivity contribution in [3.05, 3.63) is 65.6 Å². The van der Waals surface area contributed by atoms with Crippen LogP contribution in [0.2, 0.25) is 0 Å². The number of aliphatic hydroxyl groups excluding tert-OH is 1. The Hall–Kier alpha value is -4.05. The lowest BCUT2D eigenvalue weighted by Crippen LogP contribution is -2.61. The number of nitrogens with one attached hydrogen (secondary N) is 2. The molecule has 34 heavy (non-hydrogen) atoms. The molecule has 3 atom stereocenters. The Bertz CT molecular complexity index is 1160. The standard InChI is InChI=1S/C24H24N4O6/c1-13(29)21-18-10-17(22(24(33)34)28(18)23(21)32)15-6-4-14(5-7-15)9-19(30)26-12-20(31)27-16-3-2-8-25-11-16/h2-8,11,13,18,21,29H,9-10,12H2,1H3,(H,26,30)(H,27,31)(H,33,34)/t13-,18-,21-/m1/s1. The summed E-state index contributed by atoms with van der Waals surface area (Å²) in [5, 5.41) is 24.7. The highest BCUT2D eigenvalue weighted by Gasteiger charge is 2.56. The van der Waals surface area contributed by atoms with E-state index < -0.39 is 18.0 Å². The lowest BCUT2D eigenvalue weighted by Gasteiger charge is -2.44. The van der Waals surface area contributed by atoms with Gasteiger partial charge in [-0.2, -0.15) is 0 Å². The van der Waals surface area contributed by atoms with E-state index in [1.165, 1.54) is 18.0 Å². The van der Waals surface area contributed by atoms with Gasteiger partial charge in [0.2, 0.25) is 17.7 Å². The molecule has 0 spiro atoms. The van der Waals surface area contributed by atoms with Gasteiger partial charge in [-0.1, -0.05) is 24.3 Å². The number of carbonyl (C=O) groups excluding carboxylic acids is 3. The molecule has 0 aliphatic carbocycles. The largest absolute Gasteiger partial charge is 0.477 e.